The first-order chi connectivity index (χ1) is 8.27. The summed E-state index contributed by atoms with van der Waals surface area (Å²) in [7, 11) is 3.06. The number of imidazole rings is 1. The van der Waals surface area contributed by atoms with Crippen molar-refractivity contribution in [3.63, 3.8) is 0 Å². The van der Waals surface area contributed by atoms with Gasteiger partial charge in [0.2, 0.25) is 0 Å². The summed E-state index contributed by atoms with van der Waals surface area (Å²) >= 11 is 0. The molecule has 96 valence electrons. The van der Waals surface area contributed by atoms with E-state index in [-0.39, 0.29) is 5.97 Å². The highest BCUT2D eigenvalue weighted by Gasteiger charge is 2.05. The van der Waals surface area contributed by atoms with E-state index in [4.69, 9.17) is 4.74 Å². The van der Waals surface area contributed by atoms with Crippen LogP contribution in [-0.2, 0) is 27.4 Å². The van der Waals surface area contributed by atoms with Crippen LogP contribution in [0, 0.1) is 0 Å². The van der Waals surface area contributed by atoms with Crippen LogP contribution in [0.15, 0.2) is 12.4 Å². The summed E-state index contributed by atoms with van der Waals surface area (Å²) in [5.74, 6) is 0.696. The zero-order valence-corrected chi connectivity index (χ0v) is 10.3. The van der Waals surface area contributed by atoms with E-state index in [2.05, 4.69) is 15.0 Å². The SMILES string of the molecule is COCCNCc1nccn1CCC(=O)OC. The molecule has 0 saturated carbocycles. The minimum Gasteiger partial charge on any atom is -0.469 e. The summed E-state index contributed by atoms with van der Waals surface area (Å²) in [6, 6.07) is 0. The van der Waals surface area contributed by atoms with Crippen molar-refractivity contribution in [2.24, 2.45) is 0 Å². The molecule has 1 N–H and O–H groups in total. The molecular formula is C11H19N3O3. The molecule has 0 fully saturated rings. The van der Waals surface area contributed by atoms with Crippen LogP contribution in [0.1, 0.15) is 12.2 Å². The quantitative estimate of drug-likeness (QED) is 0.519. The van der Waals surface area contributed by atoms with E-state index >= 15 is 0 Å². The van der Waals surface area contributed by atoms with Gasteiger partial charge in [0.05, 0.1) is 26.7 Å². The molecule has 6 nitrogen and oxygen atoms in total. The van der Waals surface area contributed by atoms with Gasteiger partial charge in [0.25, 0.3) is 0 Å². The molecule has 1 heterocycles. The minimum absolute atomic E-state index is 0.211. The van der Waals surface area contributed by atoms with Gasteiger partial charge in [-0.15, -0.1) is 0 Å². The lowest BCUT2D eigenvalue weighted by Crippen LogP contribution is -2.21. The molecule has 0 aromatic carbocycles. The number of hydrogen-bond acceptors (Lipinski definition) is 5. The Bertz CT molecular complexity index is 338. The predicted molar refractivity (Wildman–Crippen MR) is 62.4 cm³/mol. The van der Waals surface area contributed by atoms with Crippen molar-refractivity contribution in [2.75, 3.05) is 27.4 Å². The molecule has 0 aliphatic rings. The van der Waals surface area contributed by atoms with E-state index in [9.17, 15) is 4.79 Å². The Hall–Kier alpha value is -1.40. The van der Waals surface area contributed by atoms with Crippen molar-refractivity contribution in [3.8, 4) is 0 Å². The molecule has 0 bridgehead atoms. The van der Waals surface area contributed by atoms with Gasteiger partial charge in [0.1, 0.15) is 5.82 Å². The normalized spacial score (nSPS) is 10.5. The Morgan fingerprint density at radius 2 is 2.35 bits per heavy atom. The lowest BCUT2D eigenvalue weighted by atomic mass is 10.4. The van der Waals surface area contributed by atoms with Crippen molar-refractivity contribution in [1.29, 1.82) is 0 Å². The largest absolute Gasteiger partial charge is 0.469 e. The third-order valence-electron chi connectivity index (χ3n) is 2.35. The number of carbonyl (C=O) groups is 1. The van der Waals surface area contributed by atoms with Crippen LogP contribution in [0.2, 0.25) is 0 Å². The first-order valence-electron chi connectivity index (χ1n) is 5.54. The average Bonchev–Trinajstić information content (AvgIpc) is 2.79. The summed E-state index contributed by atoms with van der Waals surface area (Å²) in [5.41, 5.74) is 0. The summed E-state index contributed by atoms with van der Waals surface area (Å²) in [6.07, 6.45) is 3.94. The fourth-order valence-electron chi connectivity index (χ4n) is 1.40. The van der Waals surface area contributed by atoms with E-state index in [1.807, 2.05) is 10.8 Å². The lowest BCUT2D eigenvalue weighted by Gasteiger charge is -2.08. The van der Waals surface area contributed by atoms with Gasteiger partial charge in [-0.25, -0.2) is 4.98 Å². The number of aryl methyl sites for hydroxylation is 1. The maximum Gasteiger partial charge on any atom is 0.307 e. The number of aromatic nitrogens is 2. The van der Waals surface area contributed by atoms with Crippen LogP contribution in [0.25, 0.3) is 0 Å². The number of methoxy groups -OCH3 is 2. The highest BCUT2D eigenvalue weighted by Crippen LogP contribution is 2.00. The number of nitrogens with zero attached hydrogens (tertiary/aromatic N) is 2. The molecule has 1 rings (SSSR count). The monoisotopic (exact) mass is 241 g/mol. The standard InChI is InChI=1S/C11H19N3O3/c1-16-8-5-12-9-10-13-4-7-14(10)6-3-11(15)17-2/h4,7,12H,3,5-6,8-9H2,1-2H3. The van der Waals surface area contributed by atoms with Crippen molar-refractivity contribution < 1.29 is 14.3 Å². The molecule has 1 aromatic rings. The fourth-order valence-corrected chi connectivity index (χ4v) is 1.40. The summed E-state index contributed by atoms with van der Waals surface area (Å²) in [6.45, 7) is 2.70. The second-order valence-corrected chi connectivity index (χ2v) is 3.53. The summed E-state index contributed by atoms with van der Waals surface area (Å²) < 4.78 is 11.5. The van der Waals surface area contributed by atoms with Gasteiger partial charge in [-0.2, -0.15) is 0 Å². The number of ether oxygens (including phenoxy) is 2. The molecule has 0 saturated heterocycles. The van der Waals surface area contributed by atoms with Crippen LogP contribution < -0.4 is 5.32 Å². The highest BCUT2D eigenvalue weighted by atomic mass is 16.5. The highest BCUT2D eigenvalue weighted by molar-refractivity contribution is 5.68. The van der Waals surface area contributed by atoms with Crippen LogP contribution >= 0.6 is 0 Å². The molecular weight excluding hydrogens is 222 g/mol. The Morgan fingerprint density at radius 1 is 1.53 bits per heavy atom. The number of carbonyl (C=O) groups excluding carboxylic acids is 1. The smallest absolute Gasteiger partial charge is 0.307 e. The second kappa shape index (κ2) is 7.81. The molecule has 17 heavy (non-hydrogen) atoms. The Labute approximate surface area is 101 Å². The molecule has 0 atom stereocenters. The third kappa shape index (κ3) is 4.97. The van der Waals surface area contributed by atoms with E-state index < -0.39 is 0 Å². The predicted octanol–water partition coefficient (Wildman–Crippen LogP) is 0.182. The van der Waals surface area contributed by atoms with E-state index in [1.54, 1.807) is 13.3 Å². The molecule has 0 amide bonds. The topological polar surface area (TPSA) is 65.4 Å². The number of nitrogens with one attached hydrogen (secondary N) is 1. The van der Waals surface area contributed by atoms with Crippen molar-refractivity contribution >= 4 is 5.97 Å². The van der Waals surface area contributed by atoms with Crippen LogP contribution in [-0.4, -0.2) is 42.9 Å². The van der Waals surface area contributed by atoms with Crippen LogP contribution in [0.3, 0.4) is 0 Å². The van der Waals surface area contributed by atoms with Gasteiger partial charge in [-0.05, 0) is 0 Å². The summed E-state index contributed by atoms with van der Waals surface area (Å²) in [4.78, 5) is 15.3. The molecule has 0 radical (unpaired) electrons. The van der Waals surface area contributed by atoms with Crippen molar-refractivity contribution in [2.45, 2.75) is 19.5 Å². The number of rotatable bonds is 8. The van der Waals surface area contributed by atoms with Gasteiger partial charge < -0.3 is 19.4 Å². The lowest BCUT2D eigenvalue weighted by molar-refractivity contribution is -0.140. The maximum atomic E-state index is 11.0. The van der Waals surface area contributed by atoms with E-state index in [0.29, 0.717) is 26.1 Å². The Morgan fingerprint density at radius 3 is 3.06 bits per heavy atom. The third-order valence-corrected chi connectivity index (χ3v) is 2.35. The molecule has 0 unspecified atom stereocenters. The average molecular weight is 241 g/mol. The minimum atomic E-state index is -0.211. The van der Waals surface area contributed by atoms with Gasteiger partial charge >= 0.3 is 5.97 Å². The molecule has 1 aromatic heterocycles. The van der Waals surface area contributed by atoms with E-state index in [1.165, 1.54) is 7.11 Å². The first kappa shape index (κ1) is 13.7. The Balaban J connectivity index is 2.34. The number of hydrogen-bond donors (Lipinski definition) is 1. The zero-order valence-electron chi connectivity index (χ0n) is 10.3. The van der Waals surface area contributed by atoms with Crippen LogP contribution in [0.5, 0.6) is 0 Å². The van der Waals surface area contributed by atoms with Gasteiger partial charge in [0.15, 0.2) is 0 Å². The van der Waals surface area contributed by atoms with Gasteiger partial charge in [-0.1, -0.05) is 0 Å². The first-order valence-corrected chi connectivity index (χ1v) is 5.54. The van der Waals surface area contributed by atoms with Crippen molar-refractivity contribution in [1.82, 2.24) is 14.9 Å². The number of esters is 1. The Kier molecular flexibility index (Phi) is 6.27. The molecule has 0 aliphatic heterocycles. The van der Waals surface area contributed by atoms with Crippen molar-refractivity contribution in [3.05, 3.63) is 18.2 Å². The summed E-state index contributed by atoms with van der Waals surface area (Å²) in [5, 5.41) is 3.21. The molecule has 0 aliphatic carbocycles. The zero-order chi connectivity index (χ0) is 12.5. The van der Waals surface area contributed by atoms with Crippen LogP contribution in [0.4, 0.5) is 0 Å². The maximum absolute atomic E-state index is 11.0. The fraction of sp³-hybridized carbons (Fsp3) is 0.636. The van der Waals surface area contributed by atoms with Gasteiger partial charge in [-0.3, -0.25) is 4.79 Å². The van der Waals surface area contributed by atoms with E-state index in [0.717, 1.165) is 12.4 Å². The molecule has 0 spiro atoms. The van der Waals surface area contributed by atoms with Gasteiger partial charge in [0, 0.05) is 32.6 Å². The molecule has 6 heteroatoms. The second-order valence-electron chi connectivity index (χ2n) is 3.53.